The Hall–Kier alpha value is -1.43. The van der Waals surface area contributed by atoms with Crippen LogP contribution in [0.1, 0.15) is 45.3 Å². The topological polar surface area (TPSA) is 77.2 Å². The standard InChI is InChI=1S/C12H21N3O3/c1-7(2)10(12(16)17-5)13-6-9-14-11(8(3)4)15-18-9/h7-8,10,13H,6H2,1-5H3. The zero-order valence-corrected chi connectivity index (χ0v) is 11.6. The smallest absolute Gasteiger partial charge is 0.323 e. The van der Waals surface area contributed by atoms with Crippen molar-refractivity contribution < 1.29 is 14.1 Å². The largest absolute Gasteiger partial charge is 0.468 e. The zero-order chi connectivity index (χ0) is 13.7. The highest BCUT2D eigenvalue weighted by Gasteiger charge is 2.23. The molecule has 1 aromatic rings. The van der Waals surface area contributed by atoms with Crippen molar-refractivity contribution in [3.05, 3.63) is 11.7 Å². The van der Waals surface area contributed by atoms with E-state index < -0.39 is 0 Å². The number of rotatable bonds is 6. The number of carbonyl (C=O) groups excluding carboxylic acids is 1. The molecular weight excluding hydrogens is 234 g/mol. The van der Waals surface area contributed by atoms with Gasteiger partial charge in [0.15, 0.2) is 5.82 Å². The predicted molar refractivity (Wildman–Crippen MR) is 65.9 cm³/mol. The molecule has 1 N–H and O–H groups in total. The van der Waals surface area contributed by atoms with Crippen LogP contribution < -0.4 is 5.32 Å². The van der Waals surface area contributed by atoms with Crippen LogP contribution in [0, 0.1) is 5.92 Å². The van der Waals surface area contributed by atoms with Gasteiger partial charge in [-0.1, -0.05) is 32.9 Å². The van der Waals surface area contributed by atoms with E-state index in [-0.39, 0.29) is 23.8 Å². The summed E-state index contributed by atoms with van der Waals surface area (Å²) in [5.41, 5.74) is 0. The maximum atomic E-state index is 11.5. The van der Waals surface area contributed by atoms with E-state index in [0.717, 1.165) is 0 Å². The van der Waals surface area contributed by atoms with Gasteiger partial charge in [0, 0.05) is 5.92 Å². The minimum absolute atomic E-state index is 0.130. The molecule has 6 nitrogen and oxygen atoms in total. The van der Waals surface area contributed by atoms with Crippen molar-refractivity contribution in [2.75, 3.05) is 7.11 Å². The van der Waals surface area contributed by atoms with E-state index in [1.54, 1.807) is 0 Å². The average molecular weight is 255 g/mol. The van der Waals surface area contributed by atoms with Crippen LogP contribution in [0.3, 0.4) is 0 Å². The van der Waals surface area contributed by atoms with Crippen molar-refractivity contribution in [2.45, 2.75) is 46.2 Å². The summed E-state index contributed by atoms with van der Waals surface area (Å²) >= 11 is 0. The van der Waals surface area contributed by atoms with Crippen LogP contribution >= 0.6 is 0 Å². The number of esters is 1. The van der Waals surface area contributed by atoms with Crippen LogP contribution in [0.4, 0.5) is 0 Å². The minimum atomic E-state index is -0.371. The minimum Gasteiger partial charge on any atom is -0.468 e. The maximum Gasteiger partial charge on any atom is 0.323 e. The van der Waals surface area contributed by atoms with Gasteiger partial charge < -0.3 is 9.26 Å². The number of carbonyl (C=O) groups is 1. The molecular formula is C12H21N3O3. The van der Waals surface area contributed by atoms with Gasteiger partial charge >= 0.3 is 5.97 Å². The molecule has 0 saturated carbocycles. The third-order valence-corrected chi connectivity index (χ3v) is 2.60. The number of methoxy groups -OCH3 is 1. The molecule has 1 aromatic heterocycles. The summed E-state index contributed by atoms with van der Waals surface area (Å²) in [6, 6.07) is -0.371. The van der Waals surface area contributed by atoms with Crippen LogP contribution in [-0.2, 0) is 16.1 Å². The van der Waals surface area contributed by atoms with E-state index in [1.165, 1.54) is 7.11 Å². The van der Waals surface area contributed by atoms with Crippen molar-refractivity contribution in [1.29, 1.82) is 0 Å². The first-order valence-corrected chi connectivity index (χ1v) is 6.09. The molecule has 18 heavy (non-hydrogen) atoms. The van der Waals surface area contributed by atoms with Gasteiger partial charge in [-0.3, -0.25) is 10.1 Å². The molecule has 0 aliphatic carbocycles. The van der Waals surface area contributed by atoms with E-state index in [9.17, 15) is 4.79 Å². The Morgan fingerprint density at radius 1 is 1.39 bits per heavy atom. The lowest BCUT2D eigenvalue weighted by Crippen LogP contribution is -2.41. The second-order valence-corrected chi connectivity index (χ2v) is 4.83. The van der Waals surface area contributed by atoms with Crippen LogP contribution in [-0.4, -0.2) is 29.3 Å². The molecule has 0 saturated heterocycles. The fraction of sp³-hybridized carbons (Fsp3) is 0.750. The van der Waals surface area contributed by atoms with Gasteiger partial charge in [-0.05, 0) is 5.92 Å². The molecule has 0 amide bonds. The lowest BCUT2D eigenvalue weighted by atomic mass is 10.1. The summed E-state index contributed by atoms with van der Waals surface area (Å²) in [7, 11) is 1.38. The summed E-state index contributed by atoms with van der Waals surface area (Å²) in [5, 5.41) is 6.93. The number of hydrogen-bond donors (Lipinski definition) is 1. The van der Waals surface area contributed by atoms with Crippen molar-refractivity contribution in [1.82, 2.24) is 15.5 Å². The monoisotopic (exact) mass is 255 g/mol. The maximum absolute atomic E-state index is 11.5. The normalized spacial score (nSPS) is 13.1. The Morgan fingerprint density at radius 2 is 2.06 bits per heavy atom. The number of aromatic nitrogens is 2. The number of hydrogen-bond acceptors (Lipinski definition) is 6. The SMILES string of the molecule is COC(=O)C(NCc1nc(C(C)C)no1)C(C)C. The molecule has 0 aromatic carbocycles. The van der Waals surface area contributed by atoms with Crippen LogP contribution in [0.15, 0.2) is 4.52 Å². The third kappa shape index (κ3) is 3.80. The van der Waals surface area contributed by atoms with Gasteiger partial charge in [0.25, 0.3) is 0 Å². The lowest BCUT2D eigenvalue weighted by molar-refractivity contribution is -0.144. The molecule has 6 heteroatoms. The van der Waals surface area contributed by atoms with Gasteiger partial charge in [0.2, 0.25) is 5.89 Å². The summed E-state index contributed by atoms with van der Waals surface area (Å²) in [4.78, 5) is 15.8. The number of nitrogens with zero attached hydrogens (tertiary/aromatic N) is 2. The van der Waals surface area contributed by atoms with E-state index in [1.807, 2.05) is 27.7 Å². The van der Waals surface area contributed by atoms with Gasteiger partial charge in [-0.15, -0.1) is 0 Å². The van der Waals surface area contributed by atoms with Crippen molar-refractivity contribution in [3.8, 4) is 0 Å². The summed E-state index contributed by atoms with van der Waals surface area (Å²) in [6.45, 7) is 8.24. The Bertz CT molecular complexity index is 388. The molecule has 0 spiro atoms. The van der Waals surface area contributed by atoms with E-state index in [4.69, 9.17) is 9.26 Å². The highest BCUT2D eigenvalue weighted by atomic mass is 16.5. The van der Waals surface area contributed by atoms with Gasteiger partial charge in [0.1, 0.15) is 6.04 Å². The van der Waals surface area contributed by atoms with Gasteiger partial charge in [0.05, 0.1) is 13.7 Å². The summed E-state index contributed by atoms with van der Waals surface area (Å²) in [6.07, 6.45) is 0. The van der Waals surface area contributed by atoms with Crippen molar-refractivity contribution in [2.24, 2.45) is 5.92 Å². The highest BCUT2D eigenvalue weighted by Crippen LogP contribution is 2.10. The summed E-state index contributed by atoms with van der Waals surface area (Å²) < 4.78 is 9.83. The first kappa shape index (κ1) is 14.6. The second-order valence-electron chi connectivity index (χ2n) is 4.83. The molecule has 1 rings (SSSR count). The first-order chi connectivity index (χ1) is 8.45. The van der Waals surface area contributed by atoms with E-state index in [2.05, 4.69) is 15.5 Å². The lowest BCUT2D eigenvalue weighted by Gasteiger charge is -2.18. The van der Waals surface area contributed by atoms with E-state index in [0.29, 0.717) is 18.3 Å². The molecule has 0 aliphatic heterocycles. The highest BCUT2D eigenvalue weighted by molar-refractivity contribution is 5.75. The Balaban J connectivity index is 2.58. The van der Waals surface area contributed by atoms with Crippen LogP contribution in [0.5, 0.6) is 0 Å². The average Bonchev–Trinajstić information content (AvgIpc) is 2.77. The van der Waals surface area contributed by atoms with Crippen molar-refractivity contribution >= 4 is 5.97 Å². The molecule has 102 valence electrons. The molecule has 0 radical (unpaired) electrons. The molecule has 0 aliphatic rings. The van der Waals surface area contributed by atoms with E-state index >= 15 is 0 Å². The fourth-order valence-electron chi connectivity index (χ4n) is 1.49. The van der Waals surface area contributed by atoms with Crippen LogP contribution in [0.25, 0.3) is 0 Å². The summed E-state index contributed by atoms with van der Waals surface area (Å²) in [5.74, 6) is 1.22. The fourth-order valence-corrected chi connectivity index (χ4v) is 1.49. The first-order valence-electron chi connectivity index (χ1n) is 6.09. The number of ether oxygens (including phenoxy) is 1. The third-order valence-electron chi connectivity index (χ3n) is 2.60. The van der Waals surface area contributed by atoms with Crippen molar-refractivity contribution in [3.63, 3.8) is 0 Å². The van der Waals surface area contributed by atoms with Gasteiger partial charge in [-0.2, -0.15) is 4.98 Å². The Kier molecular flexibility index (Phi) is 5.27. The molecule has 1 atom stereocenters. The zero-order valence-electron chi connectivity index (χ0n) is 11.6. The Morgan fingerprint density at radius 3 is 2.50 bits per heavy atom. The number of nitrogens with one attached hydrogen (secondary N) is 1. The quantitative estimate of drug-likeness (QED) is 0.776. The van der Waals surface area contributed by atoms with Crippen LogP contribution in [0.2, 0.25) is 0 Å². The predicted octanol–water partition coefficient (Wildman–Crippen LogP) is 1.48. The van der Waals surface area contributed by atoms with Gasteiger partial charge in [-0.25, -0.2) is 0 Å². The second kappa shape index (κ2) is 6.49. The molecule has 0 bridgehead atoms. The molecule has 1 unspecified atom stereocenters. The Labute approximate surface area is 107 Å². The molecule has 1 heterocycles. The molecule has 0 fully saturated rings.